The lowest BCUT2D eigenvalue weighted by Crippen LogP contribution is -2.13. The second-order valence-electron chi connectivity index (χ2n) is 5.12. The Morgan fingerprint density at radius 2 is 1.85 bits per heavy atom. The summed E-state index contributed by atoms with van der Waals surface area (Å²) in [4.78, 5) is 4.51. The summed E-state index contributed by atoms with van der Waals surface area (Å²) >= 11 is 0. The highest BCUT2D eigenvalue weighted by Crippen LogP contribution is 2.31. The maximum atomic E-state index is 6.19. The predicted molar refractivity (Wildman–Crippen MR) is 83.8 cm³/mol. The maximum Gasteiger partial charge on any atom is 0.201 e. The van der Waals surface area contributed by atoms with Crippen LogP contribution in [0.25, 0.3) is 11.0 Å². The Morgan fingerprint density at radius 1 is 1.10 bits per heavy atom. The lowest BCUT2D eigenvalue weighted by molar-refractivity contribution is 0.588. The molecule has 0 aliphatic heterocycles. The number of fused-ring (bicyclic) bond motifs is 1. The van der Waals surface area contributed by atoms with E-state index in [9.17, 15) is 0 Å². The van der Waals surface area contributed by atoms with Crippen LogP contribution in [0.15, 0.2) is 48.5 Å². The molecule has 102 valence electrons. The summed E-state index contributed by atoms with van der Waals surface area (Å²) in [7, 11) is 0. The number of imidazole rings is 1. The average molecular weight is 265 g/mol. The van der Waals surface area contributed by atoms with Gasteiger partial charge < -0.3 is 10.3 Å². The summed E-state index contributed by atoms with van der Waals surface area (Å²) in [6.45, 7) is 4.29. The van der Waals surface area contributed by atoms with Gasteiger partial charge in [0.25, 0.3) is 0 Å². The number of aryl methyl sites for hydroxylation is 1. The monoisotopic (exact) mass is 265 g/mol. The lowest BCUT2D eigenvalue weighted by Gasteiger charge is -2.20. The predicted octanol–water partition coefficient (Wildman–Crippen LogP) is 3.93. The topological polar surface area (TPSA) is 43.8 Å². The van der Waals surface area contributed by atoms with Crippen molar-refractivity contribution in [1.82, 2.24) is 9.55 Å². The largest absolute Gasteiger partial charge is 0.369 e. The van der Waals surface area contributed by atoms with Gasteiger partial charge in [-0.05, 0) is 30.5 Å². The minimum Gasteiger partial charge on any atom is -0.369 e. The third-order valence-corrected chi connectivity index (χ3v) is 3.82. The number of nitrogens with zero attached hydrogens (tertiary/aromatic N) is 2. The van der Waals surface area contributed by atoms with Crippen LogP contribution in [-0.2, 0) is 0 Å². The molecule has 3 aromatic rings. The van der Waals surface area contributed by atoms with Gasteiger partial charge in [0, 0.05) is 0 Å². The number of hydrogen-bond acceptors (Lipinski definition) is 2. The second-order valence-corrected chi connectivity index (χ2v) is 5.12. The van der Waals surface area contributed by atoms with E-state index in [0.717, 1.165) is 17.5 Å². The fourth-order valence-corrected chi connectivity index (χ4v) is 2.90. The molecule has 2 aromatic carbocycles. The number of nitrogen functional groups attached to an aromatic ring is 1. The fourth-order valence-electron chi connectivity index (χ4n) is 2.90. The third-order valence-electron chi connectivity index (χ3n) is 3.82. The van der Waals surface area contributed by atoms with Crippen molar-refractivity contribution in [2.45, 2.75) is 26.3 Å². The van der Waals surface area contributed by atoms with Crippen LogP contribution in [-0.4, -0.2) is 9.55 Å². The summed E-state index contributed by atoms with van der Waals surface area (Å²) < 4.78 is 2.17. The van der Waals surface area contributed by atoms with E-state index in [-0.39, 0.29) is 6.04 Å². The standard InChI is InChI=1S/C17H19N3/c1-3-15(13-9-5-4-6-10-13)20-16-12(2)8-7-11-14(16)19-17(20)18/h4-11,15H,3H2,1-2H3,(H2,18,19). The first-order valence-electron chi connectivity index (χ1n) is 7.00. The van der Waals surface area contributed by atoms with E-state index in [1.807, 2.05) is 18.2 Å². The van der Waals surface area contributed by atoms with Crippen molar-refractivity contribution in [2.24, 2.45) is 0 Å². The molecule has 0 aliphatic carbocycles. The first-order chi connectivity index (χ1) is 9.72. The van der Waals surface area contributed by atoms with Crippen molar-refractivity contribution in [3.8, 4) is 0 Å². The Morgan fingerprint density at radius 3 is 2.55 bits per heavy atom. The second kappa shape index (κ2) is 5.00. The Labute approximate surface area is 119 Å². The molecule has 3 nitrogen and oxygen atoms in total. The SMILES string of the molecule is CCC(c1ccccc1)n1c(N)nc2cccc(C)c21. The van der Waals surface area contributed by atoms with Crippen LogP contribution < -0.4 is 5.73 Å². The number of rotatable bonds is 3. The zero-order chi connectivity index (χ0) is 14.1. The lowest BCUT2D eigenvalue weighted by atomic mass is 10.0. The first-order valence-corrected chi connectivity index (χ1v) is 7.00. The van der Waals surface area contributed by atoms with Crippen molar-refractivity contribution in [3.63, 3.8) is 0 Å². The zero-order valence-corrected chi connectivity index (χ0v) is 11.9. The van der Waals surface area contributed by atoms with Crippen molar-refractivity contribution < 1.29 is 0 Å². The molecule has 1 unspecified atom stereocenters. The first kappa shape index (κ1) is 12.7. The number of para-hydroxylation sites is 1. The molecule has 0 saturated carbocycles. The zero-order valence-electron chi connectivity index (χ0n) is 11.9. The highest BCUT2D eigenvalue weighted by Gasteiger charge is 2.18. The normalized spacial score (nSPS) is 12.7. The van der Waals surface area contributed by atoms with Crippen LogP contribution >= 0.6 is 0 Å². The molecular weight excluding hydrogens is 246 g/mol. The number of anilines is 1. The molecule has 0 amide bonds. The van der Waals surface area contributed by atoms with Gasteiger partial charge in [-0.2, -0.15) is 0 Å². The fraction of sp³-hybridized carbons (Fsp3) is 0.235. The number of benzene rings is 2. The number of hydrogen-bond donors (Lipinski definition) is 1. The molecular formula is C17H19N3. The van der Waals surface area contributed by atoms with E-state index in [0.29, 0.717) is 5.95 Å². The van der Waals surface area contributed by atoms with E-state index in [4.69, 9.17) is 5.73 Å². The maximum absolute atomic E-state index is 6.19. The molecule has 1 aromatic heterocycles. The van der Waals surface area contributed by atoms with E-state index < -0.39 is 0 Å². The smallest absolute Gasteiger partial charge is 0.201 e. The van der Waals surface area contributed by atoms with Crippen molar-refractivity contribution >= 4 is 17.0 Å². The van der Waals surface area contributed by atoms with Gasteiger partial charge in [-0.1, -0.05) is 49.4 Å². The quantitative estimate of drug-likeness (QED) is 0.780. The molecule has 3 rings (SSSR count). The Kier molecular flexibility index (Phi) is 3.18. The van der Waals surface area contributed by atoms with Gasteiger partial charge in [0.05, 0.1) is 17.1 Å². The van der Waals surface area contributed by atoms with Crippen molar-refractivity contribution in [2.75, 3.05) is 5.73 Å². The summed E-state index contributed by atoms with van der Waals surface area (Å²) in [5.41, 5.74) is 10.8. The van der Waals surface area contributed by atoms with Crippen LogP contribution in [0.2, 0.25) is 0 Å². The Balaban J connectivity index is 2.25. The van der Waals surface area contributed by atoms with Crippen LogP contribution in [0, 0.1) is 6.92 Å². The van der Waals surface area contributed by atoms with Gasteiger partial charge in [0.15, 0.2) is 0 Å². The molecule has 0 bridgehead atoms. The van der Waals surface area contributed by atoms with Crippen molar-refractivity contribution in [3.05, 3.63) is 59.7 Å². The van der Waals surface area contributed by atoms with Gasteiger partial charge in [-0.3, -0.25) is 0 Å². The summed E-state index contributed by atoms with van der Waals surface area (Å²) in [5, 5.41) is 0. The number of aromatic nitrogens is 2. The Hall–Kier alpha value is -2.29. The highest BCUT2D eigenvalue weighted by molar-refractivity contribution is 5.82. The molecule has 0 spiro atoms. The molecule has 20 heavy (non-hydrogen) atoms. The summed E-state index contributed by atoms with van der Waals surface area (Å²) in [5.74, 6) is 0.588. The molecule has 1 heterocycles. The highest BCUT2D eigenvalue weighted by atomic mass is 15.2. The Bertz CT molecular complexity index is 729. The molecule has 0 radical (unpaired) electrons. The van der Waals surface area contributed by atoms with Crippen LogP contribution in [0.3, 0.4) is 0 Å². The molecule has 2 N–H and O–H groups in total. The van der Waals surface area contributed by atoms with Gasteiger partial charge >= 0.3 is 0 Å². The molecule has 0 saturated heterocycles. The van der Waals surface area contributed by atoms with Crippen LogP contribution in [0.5, 0.6) is 0 Å². The van der Waals surface area contributed by atoms with Gasteiger partial charge in [0.2, 0.25) is 5.95 Å². The molecule has 3 heteroatoms. The van der Waals surface area contributed by atoms with Crippen LogP contribution in [0.4, 0.5) is 5.95 Å². The third kappa shape index (κ3) is 1.95. The number of nitrogens with two attached hydrogens (primary N) is 1. The van der Waals surface area contributed by atoms with Crippen molar-refractivity contribution in [1.29, 1.82) is 0 Å². The molecule has 1 atom stereocenters. The van der Waals surface area contributed by atoms with Gasteiger partial charge in [-0.25, -0.2) is 4.98 Å². The van der Waals surface area contributed by atoms with Gasteiger partial charge in [0.1, 0.15) is 0 Å². The van der Waals surface area contributed by atoms with E-state index in [1.54, 1.807) is 0 Å². The van der Waals surface area contributed by atoms with Crippen LogP contribution in [0.1, 0.15) is 30.5 Å². The van der Waals surface area contributed by atoms with E-state index >= 15 is 0 Å². The van der Waals surface area contributed by atoms with E-state index in [1.165, 1.54) is 11.1 Å². The van der Waals surface area contributed by atoms with E-state index in [2.05, 4.69) is 53.7 Å². The minimum absolute atomic E-state index is 0.224. The van der Waals surface area contributed by atoms with Gasteiger partial charge in [-0.15, -0.1) is 0 Å². The molecule has 0 fully saturated rings. The summed E-state index contributed by atoms with van der Waals surface area (Å²) in [6, 6.07) is 16.9. The minimum atomic E-state index is 0.224. The average Bonchev–Trinajstić information content (AvgIpc) is 2.79. The molecule has 0 aliphatic rings. The summed E-state index contributed by atoms with van der Waals surface area (Å²) in [6.07, 6.45) is 0.980.